The van der Waals surface area contributed by atoms with E-state index in [1.54, 1.807) is 0 Å². The maximum atomic E-state index is 12.5. The van der Waals surface area contributed by atoms with E-state index < -0.39 is 12.1 Å². The number of hydrogen-bond donors (Lipinski definition) is 2. The molecule has 3 heterocycles. The van der Waals surface area contributed by atoms with Crippen molar-refractivity contribution in [3.8, 4) is 0 Å². The Balaban J connectivity index is 1.23. The molecule has 0 radical (unpaired) electrons. The number of urea groups is 1. The molecule has 1 spiro atoms. The zero-order valence-electron chi connectivity index (χ0n) is 14.4. The SMILES string of the molecule is CCCCN1CC2(CC(NC(=O)[C@@H]3CC[C@@H]4CN3C(=O)N4O)C2)C1. The summed E-state index contributed by atoms with van der Waals surface area (Å²) >= 11 is 0. The number of fused-ring (bicyclic) bond motifs is 2. The molecule has 3 aliphatic heterocycles. The fourth-order valence-electron chi connectivity index (χ4n) is 5.01. The Labute approximate surface area is 142 Å². The molecule has 3 amide bonds. The molecule has 7 nitrogen and oxygen atoms in total. The summed E-state index contributed by atoms with van der Waals surface area (Å²) in [5.74, 6) is -0.0425. The largest absolute Gasteiger partial charge is 0.352 e. The van der Waals surface area contributed by atoms with E-state index in [9.17, 15) is 14.8 Å². The lowest BCUT2D eigenvalue weighted by Gasteiger charge is -2.59. The van der Waals surface area contributed by atoms with Crippen molar-refractivity contribution in [3.05, 3.63) is 0 Å². The number of piperidine rings is 1. The topological polar surface area (TPSA) is 76.1 Å². The number of hydroxylamine groups is 2. The van der Waals surface area contributed by atoms with Crippen molar-refractivity contribution in [2.75, 3.05) is 26.2 Å². The normalized spacial score (nSPS) is 32.0. The van der Waals surface area contributed by atoms with E-state index in [-0.39, 0.29) is 18.0 Å². The maximum Gasteiger partial charge on any atom is 0.344 e. The standard InChI is InChI=1S/C17H28N4O3/c1-2-3-6-19-10-17(11-19)7-12(8-17)18-15(22)14-5-4-13-9-20(14)16(23)21(13)24/h12-14,24H,2-11H2,1H3,(H,18,22)/t13-,14+/m1/s1. The highest BCUT2D eigenvalue weighted by Crippen LogP contribution is 2.48. The zero-order valence-corrected chi connectivity index (χ0v) is 14.4. The van der Waals surface area contributed by atoms with Crippen LogP contribution in [-0.2, 0) is 4.79 Å². The minimum atomic E-state index is -0.423. The predicted molar refractivity (Wildman–Crippen MR) is 87.5 cm³/mol. The molecule has 24 heavy (non-hydrogen) atoms. The van der Waals surface area contributed by atoms with Crippen LogP contribution in [0.1, 0.15) is 45.4 Å². The van der Waals surface area contributed by atoms with Crippen LogP contribution < -0.4 is 5.32 Å². The van der Waals surface area contributed by atoms with Crippen LogP contribution in [0.25, 0.3) is 0 Å². The number of rotatable bonds is 5. The van der Waals surface area contributed by atoms with E-state index >= 15 is 0 Å². The second-order valence-corrected chi connectivity index (χ2v) is 8.20. The van der Waals surface area contributed by atoms with Gasteiger partial charge in [0, 0.05) is 25.7 Å². The number of hydrogen-bond acceptors (Lipinski definition) is 4. The van der Waals surface area contributed by atoms with Crippen LogP contribution in [0.15, 0.2) is 0 Å². The molecule has 1 saturated carbocycles. The first-order valence-electron chi connectivity index (χ1n) is 9.33. The van der Waals surface area contributed by atoms with Crippen LogP contribution in [0.4, 0.5) is 4.79 Å². The van der Waals surface area contributed by atoms with Crippen LogP contribution in [0.5, 0.6) is 0 Å². The zero-order chi connectivity index (χ0) is 16.9. The van der Waals surface area contributed by atoms with E-state index in [1.807, 2.05) is 0 Å². The van der Waals surface area contributed by atoms with Gasteiger partial charge in [-0.3, -0.25) is 10.0 Å². The molecular weight excluding hydrogens is 308 g/mol. The van der Waals surface area contributed by atoms with Crippen molar-refractivity contribution >= 4 is 11.9 Å². The highest BCUT2D eigenvalue weighted by molar-refractivity contribution is 5.88. The van der Waals surface area contributed by atoms with Crippen molar-refractivity contribution in [1.29, 1.82) is 0 Å². The Bertz CT molecular complexity index is 526. The van der Waals surface area contributed by atoms with Gasteiger partial charge in [0.25, 0.3) is 0 Å². The molecule has 2 N–H and O–H groups in total. The molecule has 0 aromatic carbocycles. The average molecular weight is 336 g/mol. The number of unbranched alkanes of at least 4 members (excludes halogenated alkanes) is 1. The van der Waals surface area contributed by atoms with Crippen molar-refractivity contribution in [2.45, 2.75) is 63.6 Å². The molecule has 4 aliphatic rings. The fraction of sp³-hybridized carbons (Fsp3) is 0.882. The lowest BCUT2D eigenvalue weighted by atomic mass is 9.60. The first kappa shape index (κ1) is 16.1. The van der Waals surface area contributed by atoms with Gasteiger partial charge in [0.2, 0.25) is 5.91 Å². The molecule has 2 atom stereocenters. The third-order valence-electron chi connectivity index (χ3n) is 6.30. The van der Waals surface area contributed by atoms with Gasteiger partial charge in [-0.05, 0) is 44.1 Å². The lowest BCUT2D eigenvalue weighted by molar-refractivity contribution is -0.131. The highest BCUT2D eigenvalue weighted by Gasteiger charge is 2.53. The molecule has 0 aromatic heterocycles. The summed E-state index contributed by atoms with van der Waals surface area (Å²) in [6.45, 7) is 6.24. The van der Waals surface area contributed by atoms with Crippen LogP contribution >= 0.6 is 0 Å². The second-order valence-electron chi connectivity index (χ2n) is 8.20. The summed E-state index contributed by atoms with van der Waals surface area (Å²) < 4.78 is 0. The van der Waals surface area contributed by atoms with E-state index in [0.717, 1.165) is 17.9 Å². The minimum absolute atomic E-state index is 0.0425. The summed E-state index contributed by atoms with van der Waals surface area (Å²) in [4.78, 5) is 28.6. The molecular formula is C17H28N4O3. The number of likely N-dealkylation sites (tertiary alicyclic amines) is 1. The lowest BCUT2D eigenvalue weighted by Crippen LogP contribution is -2.67. The molecule has 0 aromatic rings. The molecule has 1 aliphatic carbocycles. The monoisotopic (exact) mass is 336 g/mol. The number of carbonyl (C=O) groups excluding carboxylic acids is 2. The Kier molecular flexibility index (Phi) is 3.95. The number of nitrogens with one attached hydrogen (secondary N) is 1. The highest BCUT2D eigenvalue weighted by atomic mass is 16.5. The van der Waals surface area contributed by atoms with Crippen molar-refractivity contribution in [2.24, 2.45) is 5.41 Å². The van der Waals surface area contributed by atoms with Gasteiger partial charge in [-0.1, -0.05) is 13.3 Å². The molecule has 2 bridgehead atoms. The molecule has 3 saturated heterocycles. The number of nitrogens with zero attached hydrogens (tertiary/aromatic N) is 3. The van der Waals surface area contributed by atoms with Gasteiger partial charge in [-0.25, -0.2) is 9.86 Å². The van der Waals surface area contributed by atoms with Crippen LogP contribution in [0.3, 0.4) is 0 Å². The molecule has 134 valence electrons. The van der Waals surface area contributed by atoms with Gasteiger partial charge in [0.1, 0.15) is 6.04 Å². The van der Waals surface area contributed by atoms with E-state index in [2.05, 4.69) is 17.1 Å². The summed E-state index contributed by atoms with van der Waals surface area (Å²) in [5.41, 5.74) is 0.439. The van der Waals surface area contributed by atoms with E-state index in [4.69, 9.17) is 0 Å². The molecule has 7 heteroatoms. The average Bonchev–Trinajstić information content (AvgIpc) is 2.72. The van der Waals surface area contributed by atoms with Gasteiger partial charge in [0.15, 0.2) is 0 Å². The van der Waals surface area contributed by atoms with Crippen molar-refractivity contribution in [1.82, 2.24) is 20.2 Å². The van der Waals surface area contributed by atoms with Crippen LogP contribution in [0, 0.1) is 5.41 Å². The van der Waals surface area contributed by atoms with Crippen LogP contribution in [-0.4, -0.2) is 76.3 Å². The van der Waals surface area contributed by atoms with Gasteiger partial charge in [-0.15, -0.1) is 0 Å². The number of carbonyl (C=O) groups is 2. The van der Waals surface area contributed by atoms with Gasteiger partial charge in [-0.2, -0.15) is 0 Å². The van der Waals surface area contributed by atoms with Crippen molar-refractivity contribution < 1.29 is 14.8 Å². The smallest absolute Gasteiger partial charge is 0.344 e. The van der Waals surface area contributed by atoms with E-state index in [0.29, 0.717) is 24.8 Å². The van der Waals surface area contributed by atoms with Gasteiger partial charge < -0.3 is 15.1 Å². The van der Waals surface area contributed by atoms with Gasteiger partial charge in [0.05, 0.1) is 6.04 Å². The van der Waals surface area contributed by atoms with Crippen LogP contribution in [0.2, 0.25) is 0 Å². The molecule has 0 unspecified atom stereocenters. The van der Waals surface area contributed by atoms with Crippen molar-refractivity contribution in [3.63, 3.8) is 0 Å². The fourth-order valence-corrected chi connectivity index (χ4v) is 5.01. The Morgan fingerprint density at radius 1 is 1.33 bits per heavy atom. The Morgan fingerprint density at radius 3 is 2.79 bits per heavy atom. The maximum absolute atomic E-state index is 12.5. The molecule has 4 rings (SSSR count). The first-order valence-corrected chi connectivity index (χ1v) is 9.33. The third kappa shape index (κ3) is 2.58. The first-order chi connectivity index (χ1) is 11.5. The second kappa shape index (κ2) is 5.88. The molecule has 4 fully saturated rings. The predicted octanol–water partition coefficient (Wildman–Crippen LogP) is 1.02. The summed E-state index contributed by atoms with van der Waals surface area (Å²) in [5, 5.41) is 13.6. The van der Waals surface area contributed by atoms with E-state index in [1.165, 1.54) is 37.4 Å². The quantitative estimate of drug-likeness (QED) is 0.735. The summed E-state index contributed by atoms with van der Waals surface area (Å²) in [6.07, 6.45) is 5.98. The Morgan fingerprint density at radius 2 is 2.08 bits per heavy atom. The van der Waals surface area contributed by atoms with Gasteiger partial charge >= 0.3 is 6.03 Å². The summed E-state index contributed by atoms with van der Waals surface area (Å²) in [7, 11) is 0. The third-order valence-corrected chi connectivity index (χ3v) is 6.30. The number of amides is 3. The summed E-state index contributed by atoms with van der Waals surface area (Å²) in [6, 6.07) is -0.720. The minimum Gasteiger partial charge on any atom is -0.352 e. The Hall–Kier alpha value is -1.34.